The summed E-state index contributed by atoms with van der Waals surface area (Å²) in [5, 5.41) is 0. The van der Waals surface area contributed by atoms with Crippen molar-refractivity contribution >= 4 is 22.6 Å². The molecule has 0 saturated carbocycles. The fourth-order valence-electron chi connectivity index (χ4n) is 1.44. The Balaban J connectivity index is 2.67. The van der Waals surface area contributed by atoms with Crippen LogP contribution >= 0.6 is 22.6 Å². The number of benzene rings is 1. The highest BCUT2D eigenvalue weighted by Gasteiger charge is 2.41. The van der Waals surface area contributed by atoms with E-state index in [2.05, 4.69) is 0 Å². The van der Waals surface area contributed by atoms with E-state index in [0.717, 1.165) is 5.56 Å². The van der Waals surface area contributed by atoms with Gasteiger partial charge in [0.05, 0.1) is 0 Å². The zero-order valence-electron chi connectivity index (χ0n) is 8.84. The number of nitrogens with zero attached hydrogens (tertiary/aromatic N) is 1. The standard InChI is InChI=1S/C11H13F3IN/c1-16(10(7-15)11(12,13)14)8-9-5-3-2-4-6-9/h2-6,10H,7-8H2,1H3. The summed E-state index contributed by atoms with van der Waals surface area (Å²) in [4.78, 5) is 1.34. The summed E-state index contributed by atoms with van der Waals surface area (Å²) < 4.78 is 37.9. The minimum atomic E-state index is -4.16. The van der Waals surface area contributed by atoms with Gasteiger partial charge in [0.15, 0.2) is 0 Å². The molecule has 0 aromatic heterocycles. The Morgan fingerprint density at radius 1 is 1.25 bits per heavy atom. The fourth-order valence-corrected chi connectivity index (χ4v) is 2.61. The first-order chi connectivity index (χ1) is 7.45. The summed E-state index contributed by atoms with van der Waals surface area (Å²) in [6.45, 7) is 0.314. The monoisotopic (exact) mass is 343 g/mol. The maximum Gasteiger partial charge on any atom is 0.404 e. The van der Waals surface area contributed by atoms with Crippen molar-refractivity contribution in [2.24, 2.45) is 0 Å². The Kier molecular flexibility index (Phi) is 5.04. The smallest absolute Gasteiger partial charge is 0.290 e. The molecular weight excluding hydrogens is 330 g/mol. The van der Waals surface area contributed by atoms with Gasteiger partial charge in [-0.05, 0) is 12.6 Å². The average Bonchev–Trinajstić information content (AvgIpc) is 2.17. The van der Waals surface area contributed by atoms with E-state index in [1.54, 1.807) is 22.6 Å². The minimum Gasteiger partial charge on any atom is -0.290 e. The molecule has 0 N–H and O–H groups in total. The second kappa shape index (κ2) is 5.86. The number of hydrogen-bond donors (Lipinski definition) is 0. The molecule has 0 spiro atoms. The maximum atomic E-state index is 12.6. The van der Waals surface area contributed by atoms with Gasteiger partial charge in [0, 0.05) is 11.0 Å². The molecule has 1 atom stereocenters. The lowest BCUT2D eigenvalue weighted by Crippen LogP contribution is -2.44. The minimum absolute atomic E-state index is 0.0462. The summed E-state index contributed by atoms with van der Waals surface area (Å²) in [5.74, 6) is 0. The summed E-state index contributed by atoms with van der Waals surface area (Å²) in [5.41, 5.74) is 0.893. The fraction of sp³-hybridized carbons (Fsp3) is 0.455. The molecule has 0 heterocycles. The van der Waals surface area contributed by atoms with E-state index in [1.807, 2.05) is 30.3 Å². The van der Waals surface area contributed by atoms with Gasteiger partial charge in [-0.2, -0.15) is 13.2 Å². The first-order valence-corrected chi connectivity index (χ1v) is 6.34. The topological polar surface area (TPSA) is 3.24 Å². The van der Waals surface area contributed by atoms with Crippen molar-refractivity contribution in [2.45, 2.75) is 18.8 Å². The van der Waals surface area contributed by atoms with Crippen LogP contribution in [0, 0.1) is 0 Å². The summed E-state index contributed by atoms with van der Waals surface area (Å²) in [6, 6.07) is 7.79. The van der Waals surface area contributed by atoms with Crippen molar-refractivity contribution < 1.29 is 13.2 Å². The van der Waals surface area contributed by atoms with Gasteiger partial charge in [0.2, 0.25) is 0 Å². The van der Waals surface area contributed by atoms with Crippen LogP contribution in [0.1, 0.15) is 5.56 Å². The molecular formula is C11H13F3IN. The van der Waals surface area contributed by atoms with Gasteiger partial charge in [-0.3, -0.25) is 4.90 Å². The molecule has 16 heavy (non-hydrogen) atoms. The van der Waals surface area contributed by atoms with Gasteiger partial charge in [-0.1, -0.05) is 52.9 Å². The third-order valence-corrected chi connectivity index (χ3v) is 3.17. The van der Waals surface area contributed by atoms with Gasteiger partial charge >= 0.3 is 6.18 Å². The molecule has 0 aliphatic rings. The molecule has 1 unspecified atom stereocenters. The summed E-state index contributed by atoms with van der Waals surface area (Å²) in [7, 11) is 1.50. The van der Waals surface area contributed by atoms with E-state index in [4.69, 9.17) is 0 Å². The molecule has 0 aliphatic heterocycles. The van der Waals surface area contributed by atoms with Crippen LogP contribution in [0.5, 0.6) is 0 Å². The molecule has 1 nitrogen and oxygen atoms in total. The van der Waals surface area contributed by atoms with Gasteiger partial charge in [-0.15, -0.1) is 0 Å². The molecule has 1 rings (SSSR count). The quantitative estimate of drug-likeness (QED) is 0.598. The number of hydrogen-bond acceptors (Lipinski definition) is 1. The molecule has 90 valence electrons. The predicted molar refractivity (Wildman–Crippen MR) is 66.6 cm³/mol. The van der Waals surface area contributed by atoms with Gasteiger partial charge < -0.3 is 0 Å². The number of halogens is 4. The Bertz CT molecular complexity index is 313. The van der Waals surface area contributed by atoms with Crippen molar-refractivity contribution in [3.8, 4) is 0 Å². The van der Waals surface area contributed by atoms with Crippen molar-refractivity contribution in [1.29, 1.82) is 0 Å². The van der Waals surface area contributed by atoms with Gasteiger partial charge in [0.25, 0.3) is 0 Å². The van der Waals surface area contributed by atoms with Crippen LogP contribution in [0.3, 0.4) is 0 Å². The zero-order valence-corrected chi connectivity index (χ0v) is 11.0. The number of alkyl halides is 4. The van der Waals surface area contributed by atoms with Crippen molar-refractivity contribution in [3.63, 3.8) is 0 Å². The van der Waals surface area contributed by atoms with E-state index < -0.39 is 12.2 Å². The van der Waals surface area contributed by atoms with E-state index in [1.165, 1.54) is 11.9 Å². The van der Waals surface area contributed by atoms with Crippen LogP contribution in [0.4, 0.5) is 13.2 Å². The van der Waals surface area contributed by atoms with Gasteiger partial charge in [0.1, 0.15) is 6.04 Å². The van der Waals surface area contributed by atoms with Crippen LogP contribution in [-0.4, -0.2) is 28.6 Å². The third-order valence-electron chi connectivity index (χ3n) is 2.33. The number of rotatable bonds is 4. The first kappa shape index (κ1) is 13.8. The molecule has 0 saturated heterocycles. The molecule has 1 aromatic rings. The van der Waals surface area contributed by atoms with Crippen LogP contribution < -0.4 is 0 Å². The molecule has 0 fully saturated rings. The Hall–Kier alpha value is -0.300. The van der Waals surface area contributed by atoms with Crippen molar-refractivity contribution in [1.82, 2.24) is 4.90 Å². The zero-order chi connectivity index (χ0) is 12.2. The normalized spacial score (nSPS) is 14.1. The summed E-state index contributed by atoms with van der Waals surface area (Å²) in [6.07, 6.45) is -4.16. The van der Waals surface area contributed by atoms with E-state index in [0.29, 0.717) is 6.54 Å². The molecule has 0 amide bonds. The Morgan fingerprint density at radius 2 is 1.81 bits per heavy atom. The predicted octanol–water partition coefficient (Wildman–Crippen LogP) is 3.48. The molecule has 0 radical (unpaired) electrons. The molecule has 1 aromatic carbocycles. The Labute approximate surface area is 107 Å². The maximum absolute atomic E-state index is 12.6. The van der Waals surface area contributed by atoms with E-state index in [9.17, 15) is 13.2 Å². The van der Waals surface area contributed by atoms with E-state index >= 15 is 0 Å². The first-order valence-electron chi connectivity index (χ1n) is 4.82. The van der Waals surface area contributed by atoms with Crippen LogP contribution in [0.2, 0.25) is 0 Å². The highest BCUT2D eigenvalue weighted by molar-refractivity contribution is 14.1. The van der Waals surface area contributed by atoms with E-state index in [-0.39, 0.29) is 4.43 Å². The lowest BCUT2D eigenvalue weighted by molar-refractivity contribution is -0.174. The largest absolute Gasteiger partial charge is 0.404 e. The summed E-state index contributed by atoms with van der Waals surface area (Å²) >= 11 is 1.77. The molecule has 0 aliphatic carbocycles. The van der Waals surface area contributed by atoms with Crippen molar-refractivity contribution in [3.05, 3.63) is 35.9 Å². The second-order valence-corrected chi connectivity index (χ2v) is 4.49. The lowest BCUT2D eigenvalue weighted by Gasteiger charge is -2.28. The third kappa shape index (κ3) is 3.93. The van der Waals surface area contributed by atoms with Crippen LogP contribution in [0.15, 0.2) is 30.3 Å². The highest BCUT2D eigenvalue weighted by atomic mass is 127. The molecule has 0 bridgehead atoms. The van der Waals surface area contributed by atoms with Crippen molar-refractivity contribution in [2.75, 3.05) is 11.5 Å². The Morgan fingerprint density at radius 3 is 2.25 bits per heavy atom. The average molecular weight is 343 g/mol. The highest BCUT2D eigenvalue weighted by Crippen LogP contribution is 2.26. The molecule has 5 heteroatoms. The lowest BCUT2D eigenvalue weighted by atomic mass is 10.2. The van der Waals surface area contributed by atoms with Gasteiger partial charge in [-0.25, -0.2) is 0 Å². The van der Waals surface area contributed by atoms with Crippen LogP contribution in [0.25, 0.3) is 0 Å². The second-order valence-electron chi connectivity index (χ2n) is 3.61. The SMILES string of the molecule is CN(Cc1ccccc1)C(CI)C(F)(F)F. The van der Waals surface area contributed by atoms with Crippen LogP contribution in [-0.2, 0) is 6.54 Å².